The van der Waals surface area contributed by atoms with Crippen LogP contribution in [0.15, 0.2) is 42.7 Å². The molecule has 1 unspecified atom stereocenters. The minimum atomic E-state index is -0.770. The van der Waals surface area contributed by atoms with Gasteiger partial charge in [0.2, 0.25) is 0 Å². The number of urea groups is 1. The number of amides is 2. The third kappa shape index (κ3) is 4.80. The molecule has 1 aliphatic carbocycles. The zero-order valence-corrected chi connectivity index (χ0v) is 14.0. The summed E-state index contributed by atoms with van der Waals surface area (Å²) in [4.78, 5) is 12.1. The van der Waals surface area contributed by atoms with Crippen molar-refractivity contribution in [3.8, 4) is 0 Å². The van der Waals surface area contributed by atoms with Crippen LogP contribution in [0.4, 0.5) is 4.79 Å². The molecule has 1 aromatic carbocycles. The maximum absolute atomic E-state index is 12.1. The number of hydrogen-bond donors (Lipinski definition) is 4. The quantitative estimate of drug-likeness (QED) is 0.650. The molecule has 1 heterocycles. The average molecular weight is 344 g/mol. The van der Waals surface area contributed by atoms with Gasteiger partial charge in [-0.1, -0.05) is 24.3 Å². The first kappa shape index (κ1) is 17.4. The number of carbonyl (C=O) groups is 1. The van der Waals surface area contributed by atoms with E-state index in [9.17, 15) is 15.0 Å². The van der Waals surface area contributed by atoms with E-state index in [1.54, 1.807) is 6.20 Å². The summed E-state index contributed by atoms with van der Waals surface area (Å²) in [6, 6.07) is 9.43. The van der Waals surface area contributed by atoms with E-state index in [4.69, 9.17) is 0 Å². The van der Waals surface area contributed by atoms with E-state index >= 15 is 0 Å². The highest BCUT2D eigenvalue weighted by molar-refractivity contribution is 5.74. The molecule has 25 heavy (non-hydrogen) atoms. The number of hydrogen-bond acceptors (Lipinski definition) is 4. The van der Waals surface area contributed by atoms with E-state index in [0.29, 0.717) is 32.4 Å². The van der Waals surface area contributed by atoms with Crippen LogP contribution < -0.4 is 10.6 Å². The summed E-state index contributed by atoms with van der Waals surface area (Å²) >= 11 is 0. The van der Waals surface area contributed by atoms with Gasteiger partial charge in [-0.15, -0.1) is 0 Å². The molecular weight excluding hydrogens is 320 g/mol. The Balaban J connectivity index is 1.52. The lowest BCUT2D eigenvalue weighted by molar-refractivity contribution is -0.0168. The lowest BCUT2D eigenvalue weighted by Gasteiger charge is -2.30. The predicted octanol–water partition coefficient (Wildman–Crippen LogP) is 1.00. The Bertz CT molecular complexity index is 689. The summed E-state index contributed by atoms with van der Waals surface area (Å²) in [6.07, 6.45) is 3.73. The highest BCUT2D eigenvalue weighted by Gasteiger charge is 2.28. The minimum absolute atomic E-state index is 0.113. The summed E-state index contributed by atoms with van der Waals surface area (Å²) in [5, 5.41) is 29.2. The van der Waals surface area contributed by atoms with Crippen LogP contribution >= 0.6 is 0 Å². The van der Waals surface area contributed by atoms with E-state index in [-0.39, 0.29) is 12.1 Å². The van der Waals surface area contributed by atoms with Crippen molar-refractivity contribution in [3.63, 3.8) is 0 Å². The van der Waals surface area contributed by atoms with Crippen molar-refractivity contribution in [2.75, 3.05) is 0 Å². The summed E-state index contributed by atoms with van der Waals surface area (Å²) < 4.78 is 1.84. The van der Waals surface area contributed by atoms with Gasteiger partial charge >= 0.3 is 6.03 Å². The molecule has 0 saturated heterocycles. The minimum Gasteiger partial charge on any atom is -0.390 e. The first-order chi connectivity index (χ1) is 12.1. The second-order valence-corrected chi connectivity index (χ2v) is 6.44. The molecule has 0 aliphatic heterocycles. The van der Waals surface area contributed by atoms with Crippen LogP contribution in [0.1, 0.15) is 30.4 Å². The second kappa shape index (κ2) is 8.13. The molecule has 7 heteroatoms. The number of nitrogens with zero attached hydrogens (tertiary/aromatic N) is 2. The van der Waals surface area contributed by atoms with E-state index in [1.165, 1.54) is 0 Å². The molecule has 7 nitrogen and oxygen atoms in total. The van der Waals surface area contributed by atoms with Crippen molar-refractivity contribution in [1.82, 2.24) is 20.4 Å². The Morgan fingerprint density at radius 2 is 1.96 bits per heavy atom. The maximum Gasteiger partial charge on any atom is 0.315 e. The number of aliphatic hydroxyl groups is 2. The fourth-order valence-electron chi connectivity index (χ4n) is 3.13. The van der Waals surface area contributed by atoms with Crippen LogP contribution in [0.5, 0.6) is 0 Å². The van der Waals surface area contributed by atoms with Gasteiger partial charge in [0.05, 0.1) is 18.8 Å². The zero-order valence-electron chi connectivity index (χ0n) is 14.0. The molecule has 1 aromatic heterocycles. The molecule has 1 aliphatic rings. The molecule has 2 aromatic rings. The highest BCUT2D eigenvalue weighted by Crippen LogP contribution is 2.19. The number of rotatable bonds is 5. The highest BCUT2D eigenvalue weighted by atomic mass is 16.3. The SMILES string of the molecule is O=C(NCc1ccccc1Cn1cccn1)NC1CC[C@@H](O)[C@@H](O)C1. The maximum atomic E-state index is 12.1. The molecule has 4 N–H and O–H groups in total. The Kier molecular flexibility index (Phi) is 5.67. The number of benzene rings is 1. The molecule has 0 spiro atoms. The fourth-order valence-corrected chi connectivity index (χ4v) is 3.13. The molecular formula is C18H24N4O3. The van der Waals surface area contributed by atoms with E-state index in [1.807, 2.05) is 41.2 Å². The van der Waals surface area contributed by atoms with Gasteiger partial charge in [-0.05, 0) is 36.5 Å². The van der Waals surface area contributed by atoms with Crippen molar-refractivity contribution in [2.24, 2.45) is 0 Å². The Labute approximate surface area is 146 Å². The number of nitrogens with one attached hydrogen (secondary N) is 2. The average Bonchev–Trinajstić information content (AvgIpc) is 3.10. The van der Waals surface area contributed by atoms with Crippen LogP contribution in [0.3, 0.4) is 0 Å². The second-order valence-electron chi connectivity index (χ2n) is 6.44. The summed E-state index contributed by atoms with van der Waals surface area (Å²) in [6.45, 7) is 1.07. The lowest BCUT2D eigenvalue weighted by atomic mass is 9.91. The van der Waals surface area contributed by atoms with Crippen molar-refractivity contribution in [1.29, 1.82) is 0 Å². The number of aliphatic hydroxyl groups excluding tert-OH is 2. The van der Waals surface area contributed by atoms with Crippen molar-refractivity contribution in [2.45, 2.75) is 50.6 Å². The Morgan fingerprint density at radius 3 is 2.68 bits per heavy atom. The monoisotopic (exact) mass is 344 g/mol. The first-order valence-corrected chi connectivity index (χ1v) is 8.56. The first-order valence-electron chi connectivity index (χ1n) is 8.56. The third-order valence-electron chi connectivity index (χ3n) is 4.57. The number of aromatic nitrogens is 2. The van der Waals surface area contributed by atoms with Gasteiger partial charge < -0.3 is 20.8 Å². The van der Waals surface area contributed by atoms with Gasteiger partial charge in [-0.2, -0.15) is 5.10 Å². The summed E-state index contributed by atoms with van der Waals surface area (Å²) in [7, 11) is 0. The lowest BCUT2D eigenvalue weighted by Crippen LogP contribution is -2.47. The summed E-state index contributed by atoms with van der Waals surface area (Å²) in [5.41, 5.74) is 2.13. The smallest absolute Gasteiger partial charge is 0.315 e. The fraction of sp³-hybridized carbons (Fsp3) is 0.444. The molecule has 1 fully saturated rings. The van der Waals surface area contributed by atoms with Crippen LogP contribution in [0.2, 0.25) is 0 Å². The zero-order chi connectivity index (χ0) is 17.6. The van der Waals surface area contributed by atoms with Gasteiger partial charge in [-0.3, -0.25) is 4.68 Å². The van der Waals surface area contributed by atoms with Gasteiger partial charge in [0.25, 0.3) is 0 Å². The largest absolute Gasteiger partial charge is 0.390 e. The van der Waals surface area contributed by atoms with Crippen LogP contribution in [-0.2, 0) is 13.1 Å². The van der Waals surface area contributed by atoms with Crippen molar-refractivity contribution < 1.29 is 15.0 Å². The van der Waals surface area contributed by atoms with Gasteiger partial charge in [0.15, 0.2) is 0 Å². The molecule has 0 bridgehead atoms. The van der Waals surface area contributed by atoms with E-state index in [2.05, 4.69) is 15.7 Å². The van der Waals surface area contributed by atoms with Crippen molar-refractivity contribution in [3.05, 3.63) is 53.9 Å². The molecule has 3 atom stereocenters. The summed E-state index contributed by atoms with van der Waals surface area (Å²) in [5.74, 6) is 0. The topological polar surface area (TPSA) is 99.4 Å². The number of carbonyl (C=O) groups excluding carboxylic acids is 1. The van der Waals surface area contributed by atoms with Crippen LogP contribution in [-0.4, -0.2) is 44.3 Å². The molecule has 134 valence electrons. The molecule has 2 amide bonds. The van der Waals surface area contributed by atoms with E-state index in [0.717, 1.165) is 11.1 Å². The van der Waals surface area contributed by atoms with Crippen LogP contribution in [0, 0.1) is 0 Å². The van der Waals surface area contributed by atoms with E-state index < -0.39 is 12.2 Å². The molecule has 0 radical (unpaired) electrons. The van der Waals surface area contributed by atoms with Gasteiger partial charge in [-0.25, -0.2) is 4.79 Å². The Morgan fingerprint density at radius 1 is 1.16 bits per heavy atom. The van der Waals surface area contributed by atoms with Crippen molar-refractivity contribution >= 4 is 6.03 Å². The molecule has 3 rings (SSSR count). The predicted molar refractivity (Wildman–Crippen MR) is 92.8 cm³/mol. The Hall–Kier alpha value is -2.38. The van der Waals surface area contributed by atoms with Gasteiger partial charge in [0, 0.05) is 25.0 Å². The van der Waals surface area contributed by atoms with Gasteiger partial charge in [0.1, 0.15) is 0 Å². The standard InChI is InChI=1S/C18H24N4O3/c23-16-7-6-15(10-17(16)24)21-18(25)19-11-13-4-1-2-5-14(13)12-22-9-3-8-20-22/h1-5,8-9,15-17,23-24H,6-7,10-12H2,(H2,19,21,25)/t15?,16-,17+/m1/s1. The van der Waals surface area contributed by atoms with Crippen LogP contribution in [0.25, 0.3) is 0 Å². The third-order valence-corrected chi connectivity index (χ3v) is 4.57. The molecule has 1 saturated carbocycles. The normalized spacial score (nSPS) is 23.2.